The van der Waals surface area contributed by atoms with Crippen LogP contribution in [0.5, 0.6) is 0 Å². The number of thiophene rings is 1. The van der Waals surface area contributed by atoms with Crippen molar-refractivity contribution < 1.29 is 4.79 Å². The van der Waals surface area contributed by atoms with Gasteiger partial charge in [-0.25, -0.2) is 4.98 Å². The first-order chi connectivity index (χ1) is 14.6. The molecule has 30 heavy (non-hydrogen) atoms. The second kappa shape index (κ2) is 7.58. The number of rotatable bonds is 3. The topological polar surface area (TPSA) is 68.0 Å². The number of aromatic nitrogens is 1. The summed E-state index contributed by atoms with van der Waals surface area (Å²) in [6.45, 7) is 2.09. The second-order valence-electron chi connectivity index (χ2n) is 7.83. The number of anilines is 2. The Morgan fingerprint density at radius 1 is 1.03 bits per heavy atom. The van der Waals surface area contributed by atoms with E-state index in [-0.39, 0.29) is 5.91 Å². The maximum absolute atomic E-state index is 13.0. The van der Waals surface area contributed by atoms with Crippen molar-refractivity contribution in [3.63, 3.8) is 0 Å². The van der Waals surface area contributed by atoms with Gasteiger partial charge in [-0.15, -0.1) is 11.3 Å². The Labute approximate surface area is 179 Å². The average Bonchev–Trinajstić information content (AvgIpc) is 3.10. The molecule has 0 radical (unpaired) electrons. The molecule has 5 rings (SSSR count). The van der Waals surface area contributed by atoms with Crippen LogP contribution >= 0.6 is 11.3 Å². The molecule has 0 saturated heterocycles. The van der Waals surface area contributed by atoms with E-state index in [1.54, 1.807) is 0 Å². The maximum atomic E-state index is 13.0. The molecule has 2 aromatic heterocycles. The molecule has 2 heterocycles. The number of nitrogen functional groups attached to an aromatic ring is 1. The Kier molecular flexibility index (Phi) is 4.75. The Morgan fingerprint density at radius 2 is 1.77 bits per heavy atom. The first kappa shape index (κ1) is 18.8. The molecule has 0 spiro atoms. The quantitative estimate of drug-likeness (QED) is 0.434. The summed E-state index contributed by atoms with van der Waals surface area (Å²) in [5, 5.41) is 3.88. The van der Waals surface area contributed by atoms with E-state index in [0.717, 1.165) is 58.4 Å². The smallest absolute Gasteiger partial charge is 0.267 e. The molecule has 0 atom stereocenters. The van der Waals surface area contributed by atoms with Crippen LogP contribution in [0.2, 0.25) is 0 Å². The van der Waals surface area contributed by atoms with E-state index < -0.39 is 0 Å². The first-order valence-corrected chi connectivity index (χ1v) is 11.1. The van der Waals surface area contributed by atoms with Gasteiger partial charge in [0, 0.05) is 16.8 Å². The minimum absolute atomic E-state index is 0.186. The van der Waals surface area contributed by atoms with Crippen molar-refractivity contribution in [2.75, 3.05) is 11.1 Å². The predicted molar refractivity (Wildman–Crippen MR) is 125 cm³/mol. The summed E-state index contributed by atoms with van der Waals surface area (Å²) >= 11 is 1.39. The van der Waals surface area contributed by atoms with Gasteiger partial charge in [-0.1, -0.05) is 48.0 Å². The van der Waals surface area contributed by atoms with Crippen LogP contribution in [-0.4, -0.2) is 10.9 Å². The molecule has 0 unspecified atom stereocenters. The van der Waals surface area contributed by atoms with Gasteiger partial charge in [0.2, 0.25) is 0 Å². The minimum atomic E-state index is -0.186. The van der Waals surface area contributed by atoms with Crippen molar-refractivity contribution in [2.24, 2.45) is 0 Å². The number of nitrogens with two attached hydrogens (primary N) is 1. The second-order valence-corrected chi connectivity index (χ2v) is 8.83. The number of nitrogens with zero attached hydrogens (tertiary/aromatic N) is 1. The van der Waals surface area contributed by atoms with Crippen molar-refractivity contribution in [1.82, 2.24) is 4.98 Å². The monoisotopic (exact) mass is 413 g/mol. The molecule has 150 valence electrons. The number of aryl methyl sites for hydroxylation is 2. The molecule has 4 nitrogen and oxygen atoms in total. The maximum Gasteiger partial charge on any atom is 0.267 e. The van der Waals surface area contributed by atoms with Gasteiger partial charge < -0.3 is 11.1 Å². The third kappa shape index (κ3) is 3.25. The minimum Gasteiger partial charge on any atom is -0.397 e. The van der Waals surface area contributed by atoms with Crippen LogP contribution < -0.4 is 11.1 Å². The van der Waals surface area contributed by atoms with E-state index in [4.69, 9.17) is 10.7 Å². The van der Waals surface area contributed by atoms with Crippen LogP contribution in [0.4, 0.5) is 11.4 Å². The number of hydrogen-bond acceptors (Lipinski definition) is 4. The van der Waals surface area contributed by atoms with Crippen molar-refractivity contribution in [3.8, 4) is 11.1 Å². The highest BCUT2D eigenvalue weighted by molar-refractivity contribution is 7.21. The Bertz CT molecular complexity index is 1240. The van der Waals surface area contributed by atoms with E-state index in [2.05, 4.69) is 36.5 Å². The van der Waals surface area contributed by atoms with Crippen LogP contribution in [0.25, 0.3) is 21.3 Å². The summed E-state index contributed by atoms with van der Waals surface area (Å²) in [6.07, 6.45) is 4.29. The van der Waals surface area contributed by atoms with Gasteiger partial charge in [-0.2, -0.15) is 0 Å². The third-order valence-corrected chi connectivity index (χ3v) is 6.83. The van der Waals surface area contributed by atoms with E-state index in [1.165, 1.54) is 22.5 Å². The molecule has 0 aliphatic heterocycles. The molecule has 0 bridgehead atoms. The molecule has 0 saturated carbocycles. The van der Waals surface area contributed by atoms with E-state index >= 15 is 0 Å². The summed E-state index contributed by atoms with van der Waals surface area (Å²) in [4.78, 5) is 19.3. The lowest BCUT2D eigenvalue weighted by Gasteiger charge is -2.20. The van der Waals surface area contributed by atoms with Gasteiger partial charge >= 0.3 is 0 Å². The molecule has 1 aliphatic rings. The van der Waals surface area contributed by atoms with Crippen molar-refractivity contribution in [3.05, 3.63) is 76.3 Å². The molecule has 1 aliphatic carbocycles. The van der Waals surface area contributed by atoms with Crippen LogP contribution in [0.1, 0.15) is 39.3 Å². The number of nitrogens with one attached hydrogen (secondary N) is 1. The van der Waals surface area contributed by atoms with Gasteiger partial charge in [-0.05, 0) is 61.4 Å². The van der Waals surface area contributed by atoms with Gasteiger partial charge in [0.1, 0.15) is 9.71 Å². The van der Waals surface area contributed by atoms with Crippen molar-refractivity contribution in [2.45, 2.75) is 32.6 Å². The molecule has 5 heteroatoms. The number of carbonyl (C=O) groups excluding carboxylic acids is 1. The average molecular weight is 414 g/mol. The number of carbonyl (C=O) groups is 1. The van der Waals surface area contributed by atoms with Gasteiger partial charge in [0.15, 0.2) is 0 Å². The van der Waals surface area contributed by atoms with Gasteiger partial charge in [-0.3, -0.25) is 4.79 Å². The van der Waals surface area contributed by atoms with Gasteiger partial charge in [0.05, 0.1) is 5.69 Å². The summed E-state index contributed by atoms with van der Waals surface area (Å²) in [6, 6.07) is 18.0. The predicted octanol–water partition coefficient (Wildman–Crippen LogP) is 5.99. The normalized spacial score (nSPS) is 13.2. The fourth-order valence-corrected chi connectivity index (χ4v) is 5.24. The lowest BCUT2D eigenvalue weighted by Crippen LogP contribution is -2.12. The molecular weight excluding hydrogens is 390 g/mol. The summed E-state index contributed by atoms with van der Waals surface area (Å²) < 4.78 is 0. The van der Waals surface area contributed by atoms with Crippen LogP contribution in [0, 0.1) is 6.92 Å². The Morgan fingerprint density at radius 3 is 2.53 bits per heavy atom. The zero-order chi connectivity index (χ0) is 20.7. The molecule has 0 fully saturated rings. The number of amides is 1. The fourth-order valence-electron chi connectivity index (χ4n) is 4.22. The summed E-state index contributed by atoms with van der Waals surface area (Å²) in [7, 11) is 0. The number of hydrogen-bond donors (Lipinski definition) is 2. The fraction of sp³-hybridized carbons (Fsp3) is 0.200. The van der Waals surface area contributed by atoms with E-state index in [9.17, 15) is 4.79 Å². The van der Waals surface area contributed by atoms with Crippen LogP contribution in [-0.2, 0) is 12.8 Å². The SMILES string of the molecule is Cc1ccc(-c2c3c(nc4sc(C(=O)Nc5ccccc5)c(N)c24)CCCC3)cc1. The number of para-hydroxylation sites is 1. The number of pyridine rings is 1. The van der Waals surface area contributed by atoms with Crippen molar-refractivity contribution >= 4 is 38.8 Å². The summed E-state index contributed by atoms with van der Waals surface area (Å²) in [5.74, 6) is -0.186. The van der Waals surface area contributed by atoms with Crippen molar-refractivity contribution in [1.29, 1.82) is 0 Å². The van der Waals surface area contributed by atoms with E-state index in [0.29, 0.717) is 10.6 Å². The third-order valence-electron chi connectivity index (χ3n) is 5.73. The van der Waals surface area contributed by atoms with Crippen LogP contribution in [0.3, 0.4) is 0 Å². The number of fused-ring (bicyclic) bond motifs is 2. The lowest BCUT2D eigenvalue weighted by atomic mass is 9.87. The zero-order valence-electron chi connectivity index (χ0n) is 16.9. The zero-order valence-corrected chi connectivity index (χ0v) is 17.7. The van der Waals surface area contributed by atoms with E-state index in [1.807, 2.05) is 30.3 Å². The molecule has 2 aromatic carbocycles. The molecule has 4 aromatic rings. The highest BCUT2D eigenvalue weighted by Crippen LogP contribution is 2.44. The highest BCUT2D eigenvalue weighted by Gasteiger charge is 2.25. The standard InChI is InChI=1S/C25H23N3OS/c1-15-11-13-16(14-12-15)20-18-9-5-6-10-19(18)28-25-21(20)22(26)23(30-25)24(29)27-17-7-3-2-4-8-17/h2-4,7-8,11-14H,5-6,9-10,26H2,1H3,(H,27,29). The Balaban J connectivity index is 1.69. The number of benzene rings is 2. The Hall–Kier alpha value is -3.18. The highest BCUT2D eigenvalue weighted by atomic mass is 32.1. The first-order valence-electron chi connectivity index (χ1n) is 10.3. The lowest BCUT2D eigenvalue weighted by molar-refractivity contribution is 0.103. The largest absolute Gasteiger partial charge is 0.397 e. The molecular formula is C25H23N3OS. The molecule has 1 amide bonds. The van der Waals surface area contributed by atoms with Gasteiger partial charge in [0.25, 0.3) is 5.91 Å². The summed E-state index contributed by atoms with van der Waals surface area (Å²) in [5.41, 5.74) is 13.8. The molecule has 3 N–H and O–H groups in total. The van der Waals surface area contributed by atoms with Crippen LogP contribution in [0.15, 0.2) is 54.6 Å².